The highest BCUT2D eigenvalue weighted by atomic mass is 35.5. The van der Waals surface area contributed by atoms with Gasteiger partial charge in [0.25, 0.3) is 0 Å². The summed E-state index contributed by atoms with van der Waals surface area (Å²) in [5.41, 5.74) is 7.54. The highest BCUT2D eigenvalue weighted by molar-refractivity contribution is 5.85. The molecule has 0 unspecified atom stereocenters. The normalized spacial score (nSPS) is 12.1. The maximum absolute atomic E-state index is 12.1. The van der Waals surface area contributed by atoms with E-state index in [4.69, 9.17) is 15.2 Å². The second-order valence-electron chi connectivity index (χ2n) is 4.71. The van der Waals surface area contributed by atoms with E-state index in [2.05, 4.69) is 4.74 Å². The van der Waals surface area contributed by atoms with Gasteiger partial charge >= 0.3 is 6.36 Å². The molecule has 2 N–H and O–H groups in total. The fourth-order valence-electron chi connectivity index (χ4n) is 2.12. The molecule has 2 rings (SSSR count). The maximum atomic E-state index is 12.1. The zero-order valence-electron chi connectivity index (χ0n) is 13.0. The van der Waals surface area contributed by atoms with Crippen LogP contribution in [0, 0.1) is 0 Å². The van der Waals surface area contributed by atoms with Crippen molar-refractivity contribution in [1.82, 2.24) is 0 Å². The van der Waals surface area contributed by atoms with E-state index in [0.29, 0.717) is 17.1 Å². The number of methoxy groups -OCH3 is 2. The average molecular weight is 364 g/mol. The maximum Gasteiger partial charge on any atom is 0.573 e. The first-order chi connectivity index (χ1) is 10.8. The van der Waals surface area contributed by atoms with Crippen LogP contribution in [-0.2, 0) is 0 Å². The van der Waals surface area contributed by atoms with Gasteiger partial charge < -0.3 is 19.9 Å². The number of ether oxygens (including phenoxy) is 3. The Morgan fingerprint density at radius 2 is 1.42 bits per heavy atom. The van der Waals surface area contributed by atoms with Crippen molar-refractivity contribution in [3.05, 3.63) is 53.6 Å². The topological polar surface area (TPSA) is 53.7 Å². The minimum Gasteiger partial charge on any atom is -0.493 e. The van der Waals surface area contributed by atoms with Gasteiger partial charge in [0, 0.05) is 0 Å². The van der Waals surface area contributed by atoms with Crippen molar-refractivity contribution in [2.45, 2.75) is 12.4 Å². The summed E-state index contributed by atoms with van der Waals surface area (Å²) in [6, 6.07) is 10.1. The number of benzene rings is 2. The molecule has 0 aliphatic carbocycles. The van der Waals surface area contributed by atoms with E-state index in [1.807, 2.05) is 0 Å². The molecule has 0 aliphatic heterocycles. The summed E-state index contributed by atoms with van der Waals surface area (Å²) in [5, 5.41) is 0. The van der Waals surface area contributed by atoms with Crippen molar-refractivity contribution in [1.29, 1.82) is 0 Å². The van der Waals surface area contributed by atoms with Crippen LogP contribution in [-0.4, -0.2) is 20.6 Å². The van der Waals surface area contributed by atoms with Crippen molar-refractivity contribution >= 4 is 12.4 Å². The number of hydrogen-bond donors (Lipinski definition) is 1. The van der Waals surface area contributed by atoms with Crippen molar-refractivity contribution in [3.63, 3.8) is 0 Å². The third kappa shape index (κ3) is 4.94. The van der Waals surface area contributed by atoms with Gasteiger partial charge in [0.2, 0.25) is 0 Å². The Morgan fingerprint density at radius 1 is 0.875 bits per heavy atom. The Kier molecular flexibility index (Phi) is 6.74. The van der Waals surface area contributed by atoms with Crippen molar-refractivity contribution in [2.24, 2.45) is 5.73 Å². The lowest BCUT2D eigenvalue weighted by atomic mass is 9.99. The van der Waals surface area contributed by atoms with E-state index in [1.54, 1.807) is 18.2 Å². The zero-order chi connectivity index (χ0) is 17.0. The SMILES string of the molecule is COc1ccc([C@@H](N)c2ccc(OC(F)(F)F)cc2)cc1OC.Cl. The Labute approximate surface area is 143 Å². The quantitative estimate of drug-likeness (QED) is 0.870. The van der Waals surface area contributed by atoms with Crippen LogP contribution < -0.4 is 19.9 Å². The van der Waals surface area contributed by atoms with Crippen LogP contribution in [0.4, 0.5) is 13.2 Å². The lowest BCUT2D eigenvalue weighted by Crippen LogP contribution is -2.17. The number of hydrogen-bond acceptors (Lipinski definition) is 4. The minimum atomic E-state index is -4.72. The van der Waals surface area contributed by atoms with Gasteiger partial charge in [-0.2, -0.15) is 0 Å². The highest BCUT2D eigenvalue weighted by Crippen LogP contribution is 2.32. The molecule has 0 heterocycles. The monoisotopic (exact) mass is 363 g/mol. The largest absolute Gasteiger partial charge is 0.573 e. The molecule has 24 heavy (non-hydrogen) atoms. The molecular weight excluding hydrogens is 347 g/mol. The van der Waals surface area contributed by atoms with E-state index < -0.39 is 12.4 Å². The fourth-order valence-corrected chi connectivity index (χ4v) is 2.12. The molecule has 0 fully saturated rings. The molecule has 0 aromatic heterocycles. The van der Waals surface area contributed by atoms with Gasteiger partial charge in [0.1, 0.15) is 5.75 Å². The minimum absolute atomic E-state index is 0. The molecule has 1 atom stereocenters. The molecule has 4 nitrogen and oxygen atoms in total. The lowest BCUT2D eigenvalue weighted by Gasteiger charge is -2.16. The summed E-state index contributed by atoms with van der Waals surface area (Å²) < 4.78 is 50.6. The lowest BCUT2D eigenvalue weighted by molar-refractivity contribution is -0.274. The molecule has 0 aliphatic rings. The first kappa shape index (κ1) is 19.9. The van der Waals surface area contributed by atoms with Crippen molar-refractivity contribution in [3.8, 4) is 17.2 Å². The van der Waals surface area contributed by atoms with Crippen LogP contribution in [0.15, 0.2) is 42.5 Å². The van der Waals surface area contributed by atoms with Crippen LogP contribution in [0.3, 0.4) is 0 Å². The summed E-state index contributed by atoms with van der Waals surface area (Å²) in [6.07, 6.45) is -4.72. The summed E-state index contributed by atoms with van der Waals surface area (Å²) in [5.74, 6) is 0.801. The van der Waals surface area contributed by atoms with Crippen LogP contribution in [0.5, 0.6) is 17.2 Å². The Bertz CT molecular complexity index is 663. The molecule has 132 valence electrons. The number of rotatable bonds is 5. The standard InChI is InChI=1S/C16H16F3NO3.ClH/c1-21-13-8-5-11(9-14(13)22-2)15(20)10-3-6-12(7-4-10)23-16(17,18)19;/h3-9,15H,20H2,1-2H3;1H/t15-;/m0./s1. The van der Waals surface area contributed by atoms with Gasteiger partial charge in [-0.1, -0.05) is 18.2 Å². The molecule has 0 bridgehead atoms. The van der Waals surface area contributed by atoms with Crippen LogP contribution in [0.1, 0.15) is 17.2 Å². The molecule has 0 spiro atoms. The Balaban J connectivity index is 0.00000288. The first-order valence-corrected chi connectivity index (χ1v) is 6.67. The van der Waals surface area contributed by atoms with E-state index in [-0.39, 0.29) is 18.2 Å². The van der Waals surface area contributed by atoms with Crippen LogP contribution in [0.2, 0.25) is 0 Å². The fraction of sp³-hybridized carbons (Fsp3) is 0.250. The average Bonchev–Trinajstić information content (AvgIpc) is 2.52. The van der Waals surface area contributed by atoms with Crippen LogP contribution >= 0.6 is 12.4 Å². The summed E-state index contributed by atoms with van der Waals surface area (Å²) in [6.45, 7) is 0. The van der Waals surface area contributed by atoms with Crippen molar-refractivity contribution in [2.75, 3.05) is 14.2 Å². The smallest absolute Gasteiger partial charge is 0.493 e. The molecule has 0 saturated heterocycles. The zero-order valence-corrected chi connectivity index (χ0v) is 13.8. The molecule has 2 aromatic rings. The number of alkyl halides is 3. The van der Waals surface area contributed by atoms with Gasteiger partial charge in [-0.25, -0.2) is 0 Å². The van der Waals surface area contributed by atoms with Gasteiger partial charge in [-0.05, 0) is 35.4 Å². The molecule has 0 amide bonds. The van der Waals surface area contributed by atoms with E-state index in [1.165, 1.54) is 38.5 Å². The molecule has 0 saturated carbocycles. The van der Waals surface area contributed by atoms with Crippen LogP contribution in [0.25, 0.3) is 0 Å². The highest BCUT2D eigenvalue weighted by Gasteiger charge is 2.31. The third-order valence-corrected chi connectivity index (χ3v) is 3.24. The second kappa shape index (κ2) is 8.12. The first-order valence-electron chi connectivity index (χ1n) is 6.67. The van der Waals surface area contributed by atoms with E-state index >= 15 is 0 Å². The molecular formula is C16H17ClF3NO3. The molecule has 2 aromatic carbocycles. The summed E-state index contributed by atoms with van der Waals surface area (Å²) in [7, 11) is 3.03. The van der Waals surface area contributed by atoms with E-state index in [0.717, 1.165) is 5.56 Å². The molecule has 0 radical (unpaired) electrons. The second-order valence-corrected chi connectivity index (χ2v) is 4.71. The third-order valence-electron chi connectivity index (χ3n) is 3.24. The van der Waals surface area contributed by atoms with Crippen molar-refractivity contribution < 1.29 is 27.4 Å². The predicted molar refractivity (Wildman–Crippen MR) is 85.9 cm³/mol. The van der Waals surface area contributed by atoms with Gasteiger partial charge in [-0.15, -0.1) is 25.6 Å². The predicted octanol–water partition coefficient (Wildman–Crippen LogP) is 4.07. The van der Waals surface area contributed by atoms with Gasteiger partial charge in [0.05, 0.1) is 20.3 Å². The van der Waals surface area contributed by atoms with Gasteiger partial charge in [-0.3, -0.25) is 0 Å². The summed E-state index contributed by atoms with van der Waals surface area (Å²) in [4.78, 5) is 0. The number of halogens is 4. The number of nitrogens with two attached hydrogens (primary N) is 1. The Morgan fingerprint density at radius 3 is 1.92 bits per heavy atom. The Hall–Kier alpha value is -2.12. The molecule has 8 heteroatoms. The summed E-state index contributed by atoms with van der Waals surface area (Å²) >= 11 is 0. The van der Waals surface area contributed by atoms with E-state index in [9.17, 15) is 13.2 Å². The van der Waals surface area contributed by atoms with Gasteiger partial charge in [0.15, 0.2) is 11.5 Å².